The van der Waals surface area contributed by atoms with E-state index in [-0.39, 0.29) is 16.3 Å². The summed E-state index contributed by atoms with van der Waals surface area (Å²) in [4.78, 5) is 13.2. The number of rotatable bonds is 9. The van der Waals surface area contributed by atoms with Crippen LogP contribution in [0.15, 0.2) is 77.7 Å². The third-order valence-corrected chi connectivity index (χ3v) is 7.33. The average Bonchev–Trinajstić information content (AvgIpc) is 2.79. The normalized spacial score (nSPS) is 12.2. The van der Waals surface area contributed by atoms with Gasteiger partial charge in [0.1, 0.15) is 5.82 Å². The Kier molecular flexibility index (Phi) is 7.66. The van der Waals surface area contributed by atoms with E-state index in [1.54, 1.807) is 31.2 Å². The number of nitrogens with one attached hydrogen (secondary N) is 1. The van der Waals surface area contributed by atoms with E-state index in [0.29, 0.717) is 17.0 Å². The number of nitrogens with zero attached hydrogens (tertiary/aromatic N) is 1. The van der Waals surface area contributed by atoms with Gasteiger partial charge >= 0.3 is 0 Å². The van der Waals surface area contributed by atoms with E-state index in [1.807, 2.05) is 6.92 Å². The lowest BCUT2D eigenvalue weighted by Gasteiger charge is -2.25. The lowest BCUT2D eigenvalue weighted by Crippen LogP contribution is -2.39. The van der Waals surface area contributed by atoms with Gasteiger partial charge in [-0.2, -0.15) is 0 Å². The molecule has 0 saturated carbocycles. The molecular weight excluding hydrogens is 463 g/mol. The first-order valence-corrected chi connectivity index (χ1v) is 12.2. The minimum absolute atomic E-state index is 0.0438. The lowest BCUT2D eigenvalue weighted by molar-refractivity contribution is -0.111. The third kappa shape index (κ3) is 5.67. The second-order valence-corrected chi connectivity index (χ2v) is 9.95. The van der Waals surface area contributed by atoms with E-state index < -0.39 is 34.1 Å². The van der Waals surface area contributed by atoms with Crippen LogP contribution in [-0.2, 0) is 14.8 Å². The average molecular weight is 487 g/mol. The smallest absolute Gasteiger partial charge is 0.264 e. The molecule has 0 spiro atoms. The van der Waals surface area contributed by atoms with Crippen molar-refractivity contribution in [1.82, 2.24) is 0 Å². The number of sulfonamides is 1. The number of hydrogen-bond donors (Lipinski definition) is 1. The van der Waals surface area contributed by atoms with Crippen LogP contribution in [0.1, 0.15) is 30.4 Å². The van der Waals surface area contributed by atoms with Crippen LogP contribution in [0, 0.1) is 18.2 Å². The molecule has 3 aromatic rings. The number of ketones is 1. The van der Waals surface area contributed by atoms with E-state index >= 15 is 0 Å². The summed E-state index contributed by atoms with van der Waals surface area (Å²) in [7, 11) is -4.10. The van der Waals surface area contributed by atoms with E-state index in [4.69, 9.17) is 17.0 Å². The predicted octanol–water partition coefficient (Wildman–Crippen LogP) is 5.77. The monoisotopic (exact) mass is 486 g/mol. The summed E-state index contributed by atoms with van der Waals surface area (Å²) in [5.41, 5.74) is 1.41. The van der Waals surface area contributed by atoms with Crippen LogP contribution in [0.25, 0.3) is 0 Å². The topological polar surface area (TPSA) is 78.3 Å². The number of aryl methyl sites for hydroxylation is 1. The summed E-state index contributed by atoms with van der Waals surface area (Å²) >= 11 is 5.97. The number of carbonyl (C=O) groups is 1. The first kappa shape index (κ1) is 24.6. The summed E-state index contributed by atoms with van der Waals surface area (Å²) in [5, 5.41) is 8.91. The molecule has 0 aromatic heterocycles. The Morgan fingerprint density at radius 2 is 1.70 bits per heavy atom. The maximum absolute atomic E-state index is 13.5. The van der Waals surface area contributed by atoms with E-state index in [9.17, 15) is 17.6 Å². The zero-order valence-corrected chi connectivity index (χ0v) is 19.8. The Labute approximate surface area is 198 Å². The number of carbonyl (C=O) groups excluding carboxylic acids is 1. The molecule has 0 fully saturated rings. The molecule has 3 rings (SSSR count). The zero-order valence-electron chi connectivity index (χ0n) is 18.3. The molecule has 1 N–H and O–H groups in total. The van der Waals surface area contributed by atoms with Gasteiger partial charge in [-0.3, -0.25) is 9.10 Å². The second kappa shape index (κ2) is 10.3. The molecule has 0 radical (unpaired) electrons. The molecule has 5 nitrogen and oxygen atoms in total. The third-order valence-electron chi connectivity index (χ3n) is 5.31. The zero-order chi connectivity index (χ0) is 24.2. The minimum atomic E-state index is -4.10. The Bertz CT molecular complexity index is 1260. The van der Waals surface area contributed by atoms with Gasteiger partial charge in [0.2, 0.25) is 0 Å². The Morgan fingerprint density at radius 3 is 2.27 bits per heavy atom. The van der Waals surface area contributed by atoms with Crippen molar-refractivity contribution in [3.63, 3.8) is 0 Å². The van der Waals surface area contributed by atoms with Crippen molar-refractivity contribution in [2.75, 3.05) is 10.8 Å². The summed E-state index contributed by atoms with van der Waals surface area (Å²) in [6, 6.07) is 18.1. The van der Waals surface area contributed by atoms with Crippen molar-refractivity contribution in [3.05, 3.63) is 94.8 Å². The van der Waals surface area contributed by atoms with Gasteiger partial charge < -0.3 is 5.41 Å². The molecule has 0 aliphatic heterocycles. The van der Waals surface area contributed by atoms with Crippen molar-refractivity contribution in [2.24, 2.45) is 0 Å². The fourth-order valence-corrected chi connectivity index (χ4v) is 5.19. The fraction of sp³-hybridized carbons (Fsp3) is 0.200. The maximum atomic E-state index is 13.5. The maximum Gasteiger partial charge on any atom is 0.264 e. The summed E-state index contributed by atoms with van der Waals surface area (Å²) in [5.74, 6) is -1.63. The molecule has 33 heavy (non-hydrogen) atoms. The molecule has 3 aromatic carbocycles. The van der Waals surface area contributed by atoms with Gasteiger partial charge in [-0.15, -0.1) is 0 Å². The highest BCUT2D eigenvalue weighted by Crippen LogP contribution is 2.27. The highest BCUT2D eigenvalue weighted by atomic mass is 35.5. The van der Waals surface area contributed by atoms with Gasteiger partial charge in [0.15, 0.2) is 5.78 Å². The van der Waals surface area contributed by atoms with Crippen molar-refractivity contribution < 1.29 is 17.6 Å². The van der Waals surface area contributed by atoms with Crippen LogP contribution in [0.2, 0.25) is 5.02 Å². The molecule has 0 bridgehead atoms. The highest BCUT2D eigenvalue weighted by molar-refractivity contribution is 7.92. The highest BCUT2D eigenvalue weighted by Gasteiger charge is 2.30. The molecule has 0 heterocycles. The van der Waals surface area contributed by atoms with Crippen molar-refractivity contribution in [1.29, 1.82) is 5.41 Å². The predicted molar refractivity (Wildman–Crippen MR) is 129 cm³/mol. The van der Waals surface area contributed by atoms with Crippen LogP contribution >= 0.6 is 11.6 Å². The van der Waals surface area contributed by atoms with Crippen LogP contribution in [0.5, 0.6) is 0 Å². The van der Waals surface area contributed by atoms with Crippen molar-refractivity contribution in [2.45, 2.75) is 31.1 Å². The van der Waals surface area contributed by atoms with E-state index in [2.05, 4.69) is 0 Å². The Hall–Kier alpha value is -3.03. The fourth-order valence-electron chi connectivity index (χ4n) is 3.54. The second-order valence-electron chi connectivity index (χ2n) is 7.65. The van der Waals surface area contributed by atoms with Crippen molar-refractivity contribution in [3.8, 4) is 0 Å². The van der Waals surface area contributed by atoms with Gasteiger partial charge in [-0.25, -0.2) is 12.8 Å². The number of Topliss-reactive ketones (excluding diaryl/α,β-unsaturated/α-hetero) is 1. The molecule has 0 amide bonds. The Balaban J connectivity index is 1.97. The molecule has 172 valence electrons. The van der Waals surface area contributed by atoms with Crippen LogP contribution < -0.4 is 4.31 Å². The van der Waals surface area contributed by atoms with E-state index in [0.717, 1.165) is 9.87 Å². The van der Waals surface area contributed by atoms with Gasteiger partial charge in [0.05, 0.1) is 22.8 Å². The molecule has 0 aliphatic rings. The number of halogens is 2. The number of benzene rings is 3. The van der Waals surface area contributed by atoms with E-state index in [1.165, 1.54) is 48.5 Å². The first-order chi connectivity index (χ1) is 15.6. The van der Waals surface area contributed by atoms with Gasteiger partial charge in [0, 0.05) is 10.9 Å². The number of hydrogen-bond acceptors (Lipinski definition) is 4. The molecule has 0 aliphatic carbocycles. The summed E-state index contributed by atoms with van der Waals surface area (Å²) in [6.45, 7) is 3.05. The minimum Gasteiger partial charge on any atom is -0.301 e. The van der Waals surface area contributed by atoms with Gasteiger partial charge in [0.25, 0.3) is 10.0 Å². The molecule has 0 saturated heterocycles. The van der Waals surface area contributed by atoms with Crippen LogP contribution in [-0.4, -0.2) is 26.5 Å². The first-order valence-electron chi connectivity index (χ1n) is 10.4. The SMILES string of the molecule is CCC(C(=N)C(=O)CN(c1ccc(Cl)cc1)S(=O)(=O)c1cccc(C)c1)c1ccc(F)cc1. The molecular formula is C25H24ClFN2O3S. The summed E-state index contributed by atoms with van der Waals surface area (Å²) < 4.78 is 41.3. The lowest BCUT2D eigenvalue weighted by atomic mass is 9.89. The quantitative estimate of drug-likeness (QED) is 0.390. The van der Waals surface area contributed by atoms with Crippen LogP contribution in [0.3, 0.4) is 0 Å². The largest absolute Gasteiger partial charge is 0.301 e. The summed E-state index contributed by atoms with van der Waals surface area (Å²) in [6.07, 6.45) is 0.432. The Morgan fingerprint density at radius 1 is 1.06 bits per heavy atom. The molecule has 1 atom stereocenters. The number of anilines is 1. The van der Waals surface area contributed by atoms with Gasteiger partial charge in [-0.1, -0.05) is 42.8 Å². The standard InChI is InChI=1S/C25H24ClFN2O3S/c1-3-23(18-7-11-20(27)12-8-18)25(28)24(30)16-29(21-13-9-19(26)10-14-21)33(31,32)22-6-4-5-17(2)15-22/h4-15,23,28H,3,16H2,1-2H3. The molecule has 1 unspecified atom stereocenters. The molecule has 8 heteroatoms. The van der Waals surface area contributed by atoms with Crippen LogP contribution in [0.4, 0.5) is 10.1 Å². The van der Waals surface area contributed by atoms with Gasteiger partial charge in [-0.05, 0) is 73.0 Å². The van der Waals surface area contributed by atoms with Crippen molar-refractivity contribution >= 4 is 38.8 Å².